The number of ether oxygens (including phenoxy) is 1. The summed E-state index contributed by atoms with van der Waals surface area (Å²) in [6.07, 6.45) is 0.485. The largest absolute Gasteiger partial charge is 0.445 e. The van der Waals surface area contributed by atoms with Crippen molar-refractivity contribution >= 4 is 12.0 Å². The normalized spacial score (nSPS) is 27.0. The topological polar surface area (TPSA) is 58.6 Å². The fourth-order valence-electron chi connectivity index (χ4n) is 3.56. The van der Waals surface area contributed by atoms with Crippen LogP contribution in [0.2, 0.25) is 0 Å². The minimum atomic E-state index is -0.321. The number of hydrogen-bond acceptors (Lipinski definition) is 3. The van der Waals surface area contributed by atoms with E-state index in [1.807, 2.05) is 44.2 Å². The predicted octanol–water partition coefficient (Wildman–Crippen LogP) is 2.17. The van der Waals surface area contributed by atoms with Gasteiger partial charge < -0.3 is 15.0 Å². The molecule has 5 nitrogen and oxygen atoms in total. The van der Waals surface area contributed by atoms with Crippen LogP contribution in [0.1, 0.15) is 25.8 Å². The summed E-state index contributed by atoms with van der Waals surface area (Å²) in [4.78, 5) is 26.2. The number of benzene rings is 1. The fraction of sp³-hybridized carbons (Fsp3) is 0.529. The van der Waals surface area contributed by atoms with Crippen LogP contribution in [0.5, 0.6) is 0 Å². The molecule has 2 aliphatic rings. The third-order valence-electron chi connectivity index (χ3n) is 4.61. The lowest BCUT2D eigenvalue weighted by atomic mass is 9.88. The number of amides is 2. The van der Waals surface area contributed by atoms with E-state index < -0.39 is 0 Å². The molecule has 2 fully saturated rings. The molecule has 22 heavy (non-hydrogen) atoms. The second-order valence-corrected chi connectivity index (χ2v) is 6.40. The van der Waals surface area contributed by atoms with E-state index in [1.54, 1.807) is 4.90 Å². The quantitative estimate of drug-likeness (QED) is 0.931. The smallest absolute Gasteiger partial charge is 0.410 e. The Bertz CT molecular complexity index is 558. The Hall–Kier alpha value is -2.04. The van der Waals surface area contributed by atoms with Gasteiger partial charge in [-0.1, -0.05) is 44.2 Å². The number of likely N-dealkylation sites (tertiary alicyclic amines) is 1. The van der Waals surface area contributed by atoms with Crippen LogP contribution < -0.4 is 5.32 Å². The van der Waals surface area contributed by atoms with Crippen LogP contribution in [0.3, 0.4) is 0 Å². The highest BCUT2D eigenvalue weighted by Crippen LogP contribution is 2.34. The van der Waals surface area contributed by atoms with Crippen molar-refractivity contribution in [1.29, 1.82) is 0 Å². The van der Waals surface area contributed by atoms with E-state index in [0.29, 0.717) is 6.54 Å². The number of fused-ring (bicyclic) bond motifs is 1. The fourth-order valence-corrected chi connectivity index (χ4v) is 3.56. The second kappa shape index (κ2) is 5.99. The molecule has 3 atom stereocenters. The molecule has 2 amide bonds. The molecular weight excluding hydrogens is 280 g/mol. The van der Waals surface area contributed by atoms with Crippen molar-refractivity contribution in [3.8, 4) is 0 Å². The summed E-state index contributed by atoms with van der Waals surface area (Å²) in [5.74, 6) is 0.125. The Balaban J connectivity index is 1.66. The average Bonchev–Trinajstić information content (AvgIpc) is 3.03. The number of nitrogens with zero attached hydrogens (tertiary/aromatic N) is 1. The first-order valence-electron chi connectivity index (χ1n) is 7.85. The van der Waals surface area contributed by atoms with E-state index in [-0.39, 0.29) is 42.5 Å². The van der Waals surface area contributed by atoms with Gasteiger partial charge in [0.25, 0.3) is 0 Å². The molecule has 0 radical (unpaired) electrons. The number of carbonyl (C=O) groups excluding carboxylic acids is 2. The van der Waals surface area contributed by atoms with Crippen molar-refractivity contribution in [3.63, 3.8) is 0 Å². The number of rotatable bonds is 3. The summed E-state index contributed by atoms with van der Waals surface area (Å²) in [7, 11) is 0. The maximum atomic E-state index is 12.4. The van der Waals surface area contributed by atoms with E-state index in [1.165, 1.54) is 0 Å². The molecule has 0 spiro atoms. The highest BCUT2D eigenvalue weighted by atomic mass is 16.6. The van der Waals surface area contributed by atoms with Crippen molar-refractivity contribution in [2.75, 3.05) is 6.54 Å². The Morgan fingerprint density at radius 1 is 1.36 bits per heavy atom. The molecule has 2 aliphatic heterocycles. The minimum absolute atomic E-state index is 0.0607. The zero-order valence-corrected chi connectivity index (χ0v) is 13.0. The summed E-state index contributed by atoms with van der Waals surface area (Å²) >= 11 is 0. The van der Waals surface area contributed by atoms with Gasteiger partial charge in [0.05, 0.1) is 18.0 Å². The van der Waals surface area contributed by atoms with E-state index in [9.17, 15) is 9.59 Å². The number of hydrogen-bond donors (Lipinski definition) is 1. The van der Waals surface area contributed by atoms with E-state index in [0.717, 1.165) is 12.0 Å². The maximum Gasteiger partial charge on any atom is 0.410 e. The van der Waals surface area contributed by atoms with Gasteiger partial charge in [0.2, 0.25) is 5.91 Å². The Morgan fingerprint density at radius 3 is 2.77 bits per heavy atom. The third kappa shape index (κ3) is 2.67. The minimum Gasteiger partial charge on any atom is -0.445 e. The zero-order valence-electron chi connectivity index (χ0n) is 13.0. The lowest BCUT2D eigenvalue weighted by Crippen LogP contribution is -2.44. The first-order chi connectivity index (χ1) is 10.6. The number of nitrogens with one attached hydrogen (secondary N) is 1. The average molecular weight is 302 g/mol. The molecule has 1 aromatic rings. The van der Waals surface area contributed by atoms with Gasteiger partial charge in [0, 0.05) is 6.54 Å². The zero-order chi connectivity index (χ0) is 15.7. The van der Waals surface area contributed by atoms with Crippen molar-refractivity contribution in [2.45, 2.75) is 39.0 Å². The van der Waals surface area contributed by atoms with Gasteiger partial charge in [-0.3, -0.25) is 4.79 Å². The maximum absolute atomic E-state index is 12.4. The molecule has 0 unspecified atom stereocenters. The summed E-state index contributed by atoms with van der Waals surface area (Å²) in [5, 5.41) is 3.02. The van der Waals surface area contributed by atoms with Gasteiger partial charge in [-0.25, -0.2) is 4.79 Å². The molecule has 0 bridgehead atoms. The van der Waals surface area contributed by atoms with Crippen LogP contribution >= 0.6 is 0 Å². The van der Waals surface area contributed by atoms with E-state index in [4.69, 9.17) is 4.74 Å². The molecule has 0 aromatic heterocycles. The van der Waals surface area contributed by atoms with Crippen LogP contribution in [-0.2, 0) is 16.1 Å². The Kier molecular flexibility index (Phi) is 4.05. The monoisotopic (exact) mass is 302 g/mol. The van der Waals surface area contributed by atoms with Crippen molar-refractivity contribution in [1.82, 2.24) is 10.2 Å². The molecular formula is C17H22N2O3. The predicted molar refractivity (Wildman–Crippen MR) is 82.0 cm³/mol. The SMILES string of the molecule is CC(C)[C@@H]1C(=O)N[C@@H]2CCN(C(=O)OCc3ccccc3)[C@H]21. The van der Waals surface area contributed by atoms with Crippen LogP contribution in [0.4, 0.5) is 4.79 Å². The molecule has 2 heterocycles. The van der Waals surface area contributed by atoms with Crippen LogP contribution in [0, 0.1) is 11.8 Å². The van der Waals surface area contributed by atoms with E-state index >= 15 is 0 Å². The molecule has 0 saturated carbocycles. The molecule has 5 heteroatoms. The highest BCUT2D eigenvalue weighted by Gasteiger charge is 2.51. The van der Waals surface area contributed by atoms with Crippen LogP contribution in [0.25, 0.3) is 0 Å². The molecule has 3 rings (SSSR count). The van der Waals surface area contributed by atoms with Crippen molar-refractivity contribution < 1.29 is 14.3 Å². The van der Waals surface area contributed by atoms with Gasteiger partial charge in [-0.15, -0.1) is 0 Å². The van der Waals surface area contributed by atoms with Gasteiger partial charge >= 0.3 is 6.09 Å². The van der Waals surface area contributed by atoms with Crippen molar-refractivity contribution in [2.24, 2.45) is 11.8 Å². The third-order valence-corrected chi connectivity index (χ3v) is 4.61. The van der Waals surface area contributed by atoms with Gasteiger partial charge in [0.15, 0.2) is 0 Å². The lowest BCUT2D eigenvalue weighted by molar-refractivity contribution is -0.124. The molecule has 2 saturated heterocycles. The van der Waals surface area contributed by atoms with Crippen molar-refractivity contribution in [3.05, 3.63) is 35.9 Å². The summed E-state index contributed by atoms with van der Waals surface area (Å²) in [6.45, 7) is 4.96. The summed E-state index contributed by atoms with van der Waals surface area (Å²) in [5.41, 5.74) is 0.965. The lowest BCUT2D eigenvalue weighted by Gasteiger charge is -2.28. The Labute approximate surface area is 130 Å². The molecule has 1 N–H and O–H groups in total. The number of carbonyl (C=O) groups is 2. The van der Waals surface area contributed by atoms with Gasteiger partial charge in [-0.05, 0) is 17.9 Å². The van der Waals surface area contributed by atoms with Gasteiger partial charge in [-0.2, -0.15) is 0 Å². The summed E-state index contributed by atoms with van der Waals surface area (Å²) in [6, 6.07) is 9.63. The summed E-state index contributed by atoms with van der Waals surface area (Å²) < 4.78 is 5.43. The first kappa shape index (κ1) is 14.9. The van der Waals surface area contributed by atoms with Crippen LogP contribution in [0.15, 0.2) is 30.3 Å². The molecule has 0 aliphatic carbocycles. The second-order valence-electron chi connectivity index (χ2n) is 6.40. The van der Waals surface area contributed by atoms with E-state index in [2.05, 4.69) is 5.32 Å². The van der Waals surface area contributed by atoms with Gasteiger partial charge in [0.1, 0.15) is 6.61 Å². The highest BCUT2D eigenvalue weighted by molar-refractivity contribution is 5.84. The van der Waals surface area contributed by atoms with Crippen LogP contribution in [-0.4, -0.2) is 35.5 Å². The molecule has 118 valence electrons. The Morgan fingerprint density at radius 2 is 2.09 bits per heavy atom. The first-order valence-corrected chi connectivity index (χ1v) is 7.85. The molecule has 1 aromatic carbocycles. The standard InChI is InChI=1S/C17H22N2O3/c1-11(2)14-15-13(18-16(14)20)8-9-19(15)17(21)22-10-12-6-4-3-5-7-12/h3-7,11,13-15H,8-10H2,1-2H3,(H,18,20)/t13-,14+,15-/m1/s1.